The molecular formula is C20H19F2N3O3. The number of halogens is 2. The highest BCUT2D eigenvalue weighted by Gasteiger charge is 2.42. The van der Waals surface area contributed by atoms with Gasteiger partial charge in [0.05, 0.1) is 18.0 Å². The van der Waals surface area contributed by atoms with Crippen LogP contribution in [0.4, 0.5) is 20.2 Å². The Hall–Kier alpha value is -2.81. The lowest BCUT2D eigenvalue weighted by atomic mass is 10.1. The minimum Gasteiger partial charge on any atom is -0.388 e. The number of nitrogens with zero attached hydrogens (tertiary/aromatic N) is 2. The lowest BCUT2D eigenvalue weighted by Crippen LogP contribution is -2.30. The van der Waals surface area contributed by atoms with Gasteiger partial charge in [0, 0.05) is 17.3 Å². The Morgan fingerprint density at radius 2 is 1.71 bits per heavy atom. The second-order valence-electron chi connectivity index (χ2n) is 6.73. The highest BCUT2D eigenvalue weighted by atomic mass is 19.1. The summed E-state index contributed by atoms with van der Waals surface area (Å²) in [7, 11) is 0. The zero-order chi connectivity index (χ0) is 19.8. The molecule has 0 aliphatic carbocycles. The number of aromatic nitrogens is 2. The summed E-state index contributed by atoms with van der Waals surface area (Å²) in [6, 6.07) is 12.3. The minimum atomic E-state index is -1.15. The van der Waals surface area contributed by atoms with Crippen molar-refractivity contribution in [1.29, 1.82) is 0 Å². The number of rotatable bonds is 4. The quantitative estimate of drug-likeness (QED) is 0.641. The number of hydrogen-bond donors (Lipinski definition) is 3. The molecule has 6 nitrogen and oxygen atoms in total. The molecule has 3 N–H and O–H groups in total. The van der Waals surface area contributed by atoms with Gasteiger partial charge in [0.25, 0.3) is 0 Å². The maximum Gasteiger partial charge on any atom is 0.179 e. The van der Waals surface area contributed by atoms with E-state index >= 15 is 0 Å². The van der Waals surface area contributed by atoms with Gasteiger partial charge in [0.1, 0.15) is 29.5 Å². The molecule has 28 heavy (non-hydrogen) atoms. The van der Waals surface area contributed by atoms with Gasteiger partial charge in [-0.3, -0.25) is 0 Å². The van der Waals surface area contributed by atoms with Crippen LogP contribution in [-0.2, 0) is 4.74 Å². The molecule has 3 aromatic rings. The van der Waals surface area contributed by atoms with Gasteiger partial charge in [-0.1, -0.05) is 30.3 Å². The van der Waals surface area contributed by atoms with Crippen LogP contribution in [0.5, 0.6) is 0 Å². The third kappa shape index (κ3) is 3.49. The van der Waals surface area contributed by atoms with E-state index in [2.05, 4.69) is 10.4 Å². The molecule has 0 radical (unpaired) electrons. The molecule has 4 atom stereocenters. The molecular weight excluding hydrogens is 368 g/mol. The average molecular weight is 387 g/mol. The van der Waals surface area contributed by atoms with Gasteiger partial charge in [-0.2, -0.15) is 5.10 Å². The van der Waals surface area contributed by atoms with Crippen LogP contribution in [0.15, 0.2) is 54.7 Å². The molecule has 0 bridgehead atoms. The Labute approximate surface area is 160 Å². The number of hydrogen-bond acceptors (Lipinski definition) is 5. The van der Waals surface area contributed by atoms with Crippen molar-refractivity contribution in [2.45, 2.75) is 31.5 Å². The number of aliphatic hydroxyl groups is 2. The molecule has 1 aromatic heterocycles. The van der Waals surface area contributed by atoms with Crippen LogP contribution < -0.4 is 5.32 Å². The van der Waals surface area contributed by atoms with Crippen molar-refractivity contribution in [3.05, 3.63) is 66.4 Å². The van der Waals surface area contributed by atoms with Gasteiger partial charge in [-0.25, -0.2) is 13.5 Å². The fraction of sp³-hybridized carbons (Fsp3) is 0.250. The number of benzene rings is 2. The van der Waals surface area contributed by atoms with Crippen LogP contribution in [0.3, 0.4) is 0 Å². The first kappa shape index (κ1) is 18.5. The molecule has 8 heteroatoms. The monoisotopic (exact) mass is 387 g/mol. The summed E-state index contributed by atoms with van der Waals surface area (Å²) in [5.41, 5.74) is 1.97. The number of ether oxygens (including phenoxy) is 1. The Bertz CT molecular complexity index is 960. The smallest absolute Gasteiger partial charge is 0.179 e. The van der Waals surface area contributed by atoms with E-state index in [0.717, 1.165) is 11.6 Å². The number of anilines is 2. The van der Waals surface area contributed by atoms with E-state index in [0.29, 0.717) is 11.4 Å². The fourth-order valence-electron chi connectivity index (χ4n) is 3.25. The SMILES string of the molecule is C[C@@H]1O[C@@H](n2cc(Nc3cc(F)cc(F)c3)c(-c3ccccc3)n2)[C@H](O)[C@@H]1O. The highest BCUT2D eigenvalue weighted by Crippen LogP contribution is 2.34. The summed E-state index contributed by atoms with van der Waals surface area (Å²) < 4.78 is 34.1. The van der Waals surface area contributed by atoms with E-state index in [1.54, 1.807) is 13.1 Å². The Morgan fingerprint density at radius 3 is 2.32 bits per heavy atom. The first-order chi connectivity index (χ1) is 13.4. The molecule has 1 aliphatic heterocycles. The number of nitrogens with one attached hydrogen (secondary N) is 1. The van der Waals surface area contributed by atoms with Crippen molar-refractivity contribution in [1.82, 2.24) is 9.78 Å². The third-order valence-electron chi connectivity index (χ3n) is 4.66. The summed E-state index contributed by atoms with van der Waals surface area (Å²) in [6.45, 7) is 1.66. The molecule has 1 fully saturated rings. The van der Waals surface area contributed by atoms with Gasteiger partial charge < -0.3 is 20.3 Å². The first-order valence-corrected chi connectivity index (χ1v) is 8.81. The van der Waals surface area contributed by atoms with E-state index in [-0.39, 0.29) is 5.69 Å². The van der Waals surface area contributed by atoms with Gasteiger partial charge in [0.15, 0.2) is 6.23 Å². The van der Waals surface area contributed by atoms with Crippen molar-refractivity contribution in [3.63, 3.8) is 0 Å². The molecule has 2 aromatic carbocycles. The molecule has 4 rings (SSSR count). The van der Waals surface area contributed by atoms with Crippen molar-refractivity contribution in [2.75, 3.05) is 5.32 Å². The van der Waals surface area contributed by atoms with Gasteiger partial charge >= 0.3 is 0 Å². The van der Waals surface area contributed by atoms with E-state index < -0.39 is 36.2 Å². The first-order valence-electron chi connectivity index (χ1n) is 8.81. The maximum atomic E-state index is 13.6. The van der Waals surface area contributed by atoms with Crippen LogP contribution in [0.2, 0.25) is 0 Å². The standard InChI is InChI=1S/C20H19F2N3O3/c1-11-18(26)19(27)20(28-11)25-10-16(17(24-25)12-5-3-2-4-6-12)23-15-8-13(21)7-14(22)9-15/h2-11,18-20,23,26-27H,1H3/t11-,18+,19+,20+/m0/s1. The second-order valence-corrected chi connectivity index (χ2v) is 6.73. The van der Waals surface area contributed by atoms with Crippen molar-refractivity contribution >= 4 is 11.4 Å². The van der Waals surface area contributed by atoms with Crippen molar-refractivity contribution in [3.8, 4) is 11.3 Å². The highest BCUT2D eigenvalue weighted by molar-refractivity contribution is 5.77. The molecule has 0 saturated carbocycles. The van der Waals surface area contributed by atoms with Gasteiger partial charge in [-0.05, 0) is 19.1 Å². The van der Waals surface area contributed by atoms with Gasteiger partial charge in [-0.15, -0.1) is 0 Å². The zero-order valence-corrected chi connectivity index (χ0v) is 15.0. The normalized spacial score (nSPS) is 24.5. The Morgan fingerprint density at radius 1 is 1.04 bits per heavy atom. The van der Waals surface area contributed by atoms with Crippen molar-refractivity contribution < 1.29 is 23.7 Å². The second kappa shape index (κ2) is 7.31. The molecule has 0 unspecified atom stereocenters. The summed E-state index contributed by atoms with van der Waals surface area (Å²) >= 11 is 0. The summed E-state index contributed by atoms with van der Waals surface area (Å²) in [5, 5.41) is 27.7. The van der Waals surface area contributed by atoms with Gasteiger partial charge in [0.2, 0.25) is 0 Å². The molecule has 0 amide bonds. The zero-order valence-electron chi connectivity index (χ0n) is 15.0. The lowest BCUT2D eigenvalue weighted by molar-refractivity contribution is -0.0395. The Kier molecular flexibility index (Phi) is 4.84. The molecule has 0 spiro atoms. The van der Waals surface area contributed by atoms with Crippen LogP contribution in [0.25, 0.3) is 11.3 Å². The fourth-order valence-corrected chi connectivity index (χ4v) is 3.25. The van der Waals surface area contributed by atoms with Crippen LogP contribution >= 0.6 is 0 Å². The van der Waals surface area contributed by atoms with E-state index in [1.165, 1.54) is 16.8 Å². The predicted molar refractivity (Wildman–Crippen MR) is 98.9 cm³/mol. The topological polar surface area (TPSA) is 79.5 Å². The largest absolute Gasteiger partial charge is 0.388 e. The van der Waals surface area contributed by atoms with E-state index in [1.807, 2.05) is 30.3 Å². The third-order valence-corrected chi connectivity index (χ3v) is 4.66. The summed E-state index contributed by atoms with van der Waals surface area (Å²) in [5.74, 6) is -1.41. The van der Waals surface area contributed by atoms with Crippen LogP contribution in [0, 0.1) is 11.6 Å². The van der Waals surface area contributed by atoms with Crippen LogP contribution in [0.1, 0.15) is 13.2 Å². The van der Waals surface area contributed by atoms with Crippen LogP contribution in [-0.4, -0.2) is 38.3 Å². The van der Waals surface area contributed by atoms with E-state index in [9.17, 15) is 19.0 Å². The summed E-state index contributed by atoms with van der Waals surface area (Å²) in [6.07, 6.45) is -2.06. The molecule has 1 saturated heterocycles. The minimum absolute atomic E-state index is 0.218. The molecule has 2 heterocycles. The Balaban J connectivity index is 1.75. The van der Waals surface area contributed by atoms with Crippen molar-refractivity contribution in [2.24, 2.45) is 0 Å². The summed E-state index contributed by atoms with van der Waals surface area (Å²) in [4.78, 5) is 0. The predicted octanol–water partition coefficient (Wildman–Crippen LogP) is 3.21. The molecule has 146 valence electrons. The maximum absolute atomic E-state index is 13.6. The average Bonchev–Trinajstić information content (AvgIpc) is 3.18. The molecule has 1 aliphatic rings. The lowest BCUT2D eigenvalue weighted by Gasteiger charge is -2.14. The van der Waals surface area contributed by atoms with E-state index in [4.69, 9.17) is 4.74 Å². The number of aliphatic hydroxyl groups excluding tert-OH is 2.